The van der Waals surface area contributed by atoms with Crippen molar-refractivity contribution < 1.29 is 13.9 Å². The van der Waals surface area contributed by atoms with Crippen LogP contribution in [-0.4, -0.2) is 60.6 Å². The van der Waals surface area contributed by atoms with Gasteiger partial charge < -0.3 is 9.64 Å². The third-order valence-electron chi connectivity index (χ3n) is 6.72. The molecule has 2 aliphatic rings. The van der Waals surface area contributed by atoms with E-state index in [-0.39, 0.29) is 18.0 Å². The minimum absolute atomic E-state index is 0.296. The highest BCUT2D eigenvalue weighted by atomic mass is 19.1. The zero-order valence-corrected chi connectivity index (χ0v) is 19.5. The number of cyclic esters (lactones) is 1. The molecule has 0 saturated carbocycles. The summed E-state index contributed by atoms with van der Waals surface area (Å²) in [4.78, 5) is 18.9. The second kappa shape index (κ2) is 9.95. The van der Waals surface area contributed by atoms with E-state index in [4.69, 9.17) is 4.74 Å². The van der Waals surface area contributed by atoms with Crippen molar-refractivity contribution in [2.45, 2.75) is 19.2 Å². The zero-order valence-electron chi connectivity index (χ0n) is 19.5. The van der Waals surface area contributed by atoms with Crippen LogP contribution in [0.1, 0.15) is 22.8 Å². The maximum Gasteiger partial charge on any atom is 0.410 e. The average Bonchev–Trinajstić information content (AvgIpc) is 3.21. The predicted molar refractivity (Wildman–Crippen MR) is 131 cm³/mol. The van der Waals surface area contributed by atoms with Gasteiger partial charge in [-0.15, -0.1) is 0 Å². The van der Waals surface area contributed by atoms with Crippen LogP contribution in [0.3, 0.4) is 0 Å². The lowest BCUT2D eigenvalue weighted by Crippen LogP contribution is -2.43. The van der Waals surface area contributed by atoms with Gasteiger partial charge in [-0.2, -0.15) is 0 Å². The molecule has 3 aromatic carbocycles. The van der Waals surface area contributed by atoms with Gasteiger partial charge in [-0.1, -0.05) is 54.6 Å². The van der Waals surface area contributed by atoms with Crippen LogP contribution >= 0.6 is 0 Å². The van der Waals surface area contributed by atoms with Gasteiger partial charge >= 0.3 is 6.09 Å². The molecule has 34 heavy (non-hydrogen) atoms. The first-order valence-corrected chi connectivity index (χ1v) is 11.8. The molecule has 0 bridgehead atoms. The summed E-state index contributed by atoms with van der Waals surface area (Å²) >= 11 is 0. The largest absolute Gasteiger partial charge is 0.439 e. The maximum atomic E-state index is 13.2. The molecule has 0 aromatic heterocycles. The molecule has 1 atom stereocenters. The van der Waals surface area contributed by atoms with E-state index in [1.165, 1.54) is 23.3 Å². The van der Waals surface area contributed by atoms with Crippen molar-refractivity contribution in [3.8, 4) is 11.1 Å². The van der Waals surface area contributed by atoms with Crippen molar-refractivity contribution in [2.24, 2.45) is 0 Å². The molecular formula is C28H30FN3O2. The fraction of sp³-hybridized carbons (Fsp3) is 0.321. The van der Waals surface area contributed by atoms with Crippen molar-refractivity contribution in [2.75, 3.05) is 39.8 Å². The summed E-state index contributed by atoms with van der Waals surface area (Å²) in [5, 5.41) is 0. The van der Waals surface area contributed by atoms with Crippen LogP contribution in [0.2, 0.25) is 0 Å². The quantitative estimate of drug-likeness (QED) is 0.524. The van der Waals surface area contributed by atoms with E-state index in [0.717, 1.165) is 49.4 Å². The monoisotopic (exact) mass is 459 g/mol. The molecule has 2 fully saturated rings. The van der Waals surface area contributed by atoms with E-state index < -0.39 is 0 Å². The first-order chi connectivity index (χ1) is 16.5. The predicted octanol–water partition coefficient (Wildman–Crippen LogP) is 4.93. The number of ether oxygens (including phenoxy) is 1. The first-order valence-electron chi connectivity index (χ1n) is 11.8. The van der Waals surface area contributed by atoms with Gasteiger partial charge in [0, 0.05) is 39.3 Å². The number of halogens is 1. The number of likely N-dealkylation sites (N-methyl/N-ethyl adjacent to an activating group) is 1. The van der Waals surface area contributed by atoms with E-state index in [9.17, 15) is 9.18 Å². The summed E-state index contributed by atoms with van der Waals surface area (Å²) in [7, 11) is 2.18. The Morgan fingerprint density at radius 2 is 1.59 bits per heavy atom. The second-order valence-corrected chi connectivity index (χ2v) is 9.28. The van der Waals surface area contributed by atoms with E-state index in [1.54, 1.807) is 17.0 Å². The molecule has 3 aromatic rings. The van der Waals surface area contributed by atoms with Crippen LogP contribution in [-0.2, 0) is 17.8 Å². The Balaban J connectivity index is 1.21. The third kappa shape index (κ3) is 5.29. The normalized spacial score (nSPS) is 19.4. The van der Waals surface area contributed by atoms with Crippen molar-refractivity contribution >= 4 is 6.09 Å². The number of carbonyl (C=O) groups is 1. The third-order valence-corrected chi connectivity index (χ3v) is 6.72. The van der Waals surface area contributed by atoms with Gasteiger partial charge in [0.25, 0.3) is 0 Å². The van der Waals surface area contributed by atoms with E-state index in [0.29, 0.717) is 13.1 Å². The van der Waals surface area contributed by atoms with Gasteiger partial charge in [-0.25, -0.2) is 9.18 Å². The van der Waals surface area contributed by atoms with Gasteiger partial charge in [0.2, 0.25) is 0 Å². The summed E-state index contributed by atoms with van der Waals surface area (Å²) in [5.41, 5.74) is 5.56. The first kappa shape index (κ1) is 22.6. The van der Waals surface area contributed by atoms with Gasteiger partial charge in [-0.05, 0) is 53.1 Å². The fourth-order valence-electron chi connectivity index (χ4n) is 4.62. The Kier molecular flexibility index (Phi) is 6.61. The number of piperazine rings is 1. The van der Waals surface area contributed by atoms with Crippen LogP contribution in [0.15, 0.2) is 72.8 Å². The number of hydrogen-bond acceptors (Lipinski definition) is 4. The maximum absolute atomic E-state index is 13.2. The van der Waals surface area contributed by atoms with Crippen LogP contribution < -0.4 is 0 Å². The molecule has 5 rings (SSSR count). The van der Waals surface area contributed by atoms with Crippen LogP contribution in [0, 0.1) is 5.82 Å². The Morgan fingerprint density at radius 3 is 2.32 bits per heavy atom. The standard InChI is InChI=1S/C28H30FN3O2/c1-30-13-15-31(16-14-30)18-22-3-2-4-25(17-22)23-7-5-21(6-8-23)19-32-20-27(34-28(32)33)24-9-11-26(29)12-10-24/h2-12,17,27H,13-16,18-20H2,1H3. The molecule has 1 amide bonds. The van der Waals surface area contributed by atoms with Gasteiger partial charge in [0.05, 0.1) is 6.54 Å². The highest BCUT2D eigenvalue weighted by Crippen LogP contribution is 2.28. The smallest absolute Gasteiger partial charge is 0.410 e. The lowest BCUT2D eigenvalue weighted by atomic mass is 10.0. The summed E-state index contributed by atoms with van der Waals surface area (Å²) in [6.07, 6.45) is -0.703. The lowest BCUT2D eigenvalue weighted by molar-refractivity contribution is 0.132. The summed E-state index contributed by atoms with van der Waals surface area (Å²) in [5.74, 6) is -0.296. The van der Waals surface area contributed by atoms with Crippen LogP contribution in [0.25, 0.3) is 11.1 Å². The zero-order chi connectivity index (χ0) is 23.5. The average molecular weight is 460 g/mol. The fourth-order valence-corrected chi connectivity index (χ4v) is 4.62. The van der Waals surface area contributed by atoms with Crippen molar-refractivity contribution in [1.29, 1.82) is 0 Å². The highest BCUT2D eigenvalue weighted by molar-refractivity contribution is 5.70. The Bertz CT molecular complexity index is 1130. The Morgan fingerprint density at radius 1 is 0.853 bits per heavy atom. The van der Waals surface area contributed by atoms with Crippen molar-refractivity contribution in [3.05, 3.63) is 95.3 Å². The lowest BCUT2D eigenvalue weighted by Gasteiger charge is -2.32. The topological polar surface area (TPSA) is 36.0 Å². The number of amides is 1. The SMILES string of the molecule is CN1CCN(Cc2cccc(-c3ccc(CN4CC(c5ccc(F)cc5)OC4=O)cc3)c2)CC1. The molecule has 0 radical (unpaired) electrons. The molecular weight excluding hydrogens is 429 g/mol. The van der Waals surface area contributed by atoms with E-state index in [1.807, 2.05) is 0 Å². The van der Waals surface area contributed by atoms with Gasteiger partial charge in [0.15, 0.2) is 0 Å². The van der Waals surface area contributed by atoms with Crippen LogP contribution in [0.5, 0.6) is 0 Å². The molecule has 5 nitrogen and oxygen atoms in total. The van der Waals surface area contributed by atoms with Gasteiger partial charge in [0.1, 0.15) is 11.9 Å². The Hall–Kier alpha value is -3.22. The second-order valence-electron chi connectivity index (χ2n) is 9.28. The number of benzene rings is 3. The molecule has 1 unspecified atom stereocenters. The van der Waals surface area contributed by atoms with Crippen molar-refractivity contribution in [3.63, 3.8) is 0 Å². The van der Waals surface area contributed by atoms with Crippen molar-refractivity contribution in [1.82, 2.24) is 14.7 Å². The molecule has 0 aliphatic carbocycles. The summed E-state index contributed by atoms with van der Waals surface area (Å²) < 4.78 is 18.7. The number of hydrogen-bond donors (Lipinski definition) is 0. The summed E-state index contributed by atoms with van der Waals surface area (Å²) in [6, 6.07) is 23.2. The molecule has 2 aliphatic heterocycles. The molecule has 0 N–H and O–H groups in total. The molecule has 2 heterocycles. The van der Waals surface area contributed by atoms with E-state index >= 15 is 0 Å². The molecule has 6 heteroatoms. The van der Waals surface area contributed by atoms with Crippen LogP contribution in [0.4, 0.5) is 9.18 Å². The van der Waals surface area contributed by atoms with Gasteiger partial charge in [-0.3, -0.25) is 9.80 Å². The number of rotatable bonds is 6. The van der Waals surface area contributed by atoms with E-state index in [2.05, 4.69) is 65.4 Å². The number of carbonyl (C=O) groups excluding carboxylic acids is 1. The minimum atomic E-state index is -0.365. The Labute approximate surface area is 200 Å². The minimum Gasteiger partial charge on any atom is -0.439 e. The molecule has 2 saturated heterocycles. The number of nitrogens with zero attached hydrogens (tertiary/aromatic N) is 3. The molecule has 0 spiro atoms. The molecule has 176 valence electrons. The highest BCUT2D eigenvalue weighted by Gasteiger charge is 2.32. The summed E-state index contributed by atoms with van der Waals surface area (Å²) in [6.45, 7) is 6.38.